The molecule has 6 heteroatoms. The lowest BCUT2D eigenvalue weighted by atomic mass is 9.99. The van der Waals surface area contributed by atoms with Gasteiger partial charge in [0.05, 0.1) is 18.8 Å². The molecule has 1 aliphatic rings. The van der Waals surface area contributed by atoms with Gasteiger partial charge in [0, 0.05) is 24.7 Å². The van der Waals surface area contributed by atoms with Crippen LogP contribution < -0.4 is 10.1 Å². The van der Waals surface area contributed by atoms with Crippen LogP contribution in [0.5, 0.6) is 5.88 Å². The Hall–Kier alpha value is -2.47. The number of amides is 1. The molecule has 1 unspecified atom stereocenters. The summed E-state index contributed by atoms with van der Waals surface area (Å²) >= 11 is 0. The van der Waals surface area contributed by atoms with Crippen molar-refractivity contribution < 1.29 is 13.9 Å². The number of rotatable bonds is 6. The molecule has 1 N–H and O–H groups in total. The largest absolute Gasteiger partial charge is 0.477 e. The van der Waals surface area contributed by atoms with E-state index in [1.165, 1.54) is 6.07 Å². The van der Waals surface area contributed by atoms with Crippen LogP contribution in [0.3, 0.4) is 0 Å². The summed E-state index contributed by atoms with van der Waals surface area (Å²) in [6.07, 6.45) is 3.79. The zero-order valence-corrected chi connectivity index (χ0v) is 14.0. The number of para-hydroxylation sites is 1. The summed E-state index contributed by atoms with van der Waals surface area (Å²) < 4.78 is 19.3. The second kappa shape index (κ2) is 8.58. The van der Waals surface area contributed by atoms with Gasteiger partial charge in [0.1, 0.15) is 5.82 Å². The molecule has 5 nitrogen and oxygen atoms in total. The number of anilines is 1. The van der Waals surface area contributed by atoms with Crippen molar-refractivity contribution in [2.45, 2.75) is 12.8 Å². The summed E-state index contributed by atoms with van der Waals surface area (Å²) in [4.78, 5) is 18.4. The highest BCUT2D eigenvalue weighted by atomic mass is 19.1. The molecule has 1 amide bonds. The molecule has 3 rings (SSSR count). The molecule has 1 saturated heterocycles. The smallest absolute Gasteiger partial charge is 0.238 e. The molecule has 0 aliphatic carbocycles. The van der Waals surface area contributed by atoms with E-state index < -0.39 is 5.82 Å². The SMILES string of the molecule is O=C(CN1CCCC(COc2ccccn2)C1)Nc1ccccc1F. The molecule has 2 heterocycles. The first kappa shape index (κ1) is 17.4. The van der Waals surface area contributed by atoms with Crippen LogP contribution in [0.4, 0.5) is 10.1 Å². The number of piperidine rings is 1. The monoisotopic (exact) mass is 343 g/mol. The van der Waals surface area contributed by atoms with Crippen LogP contribution >= 0.6 is 0 Å². The predicted octanol–water partition coefficient (Wildman–Crippen LogP) is 2.95. The zero-order chi connectivity index (χ0) is 17.5. The highest BCUT2D eigenvalue weighted by Gasteiger charge is 2.22. The summed E-state index contributed by atoms with van der Waals surface area (Å²) in [6, 6.07) is 11.8. The highest BCUT2D eigenvalue weighted by molar-refractivity contribution is 5.92. The summed E-state index contributed by atoms with van der Waals surface area (Å²) in [5, 5.41) is 2.63. The Kier molecular flexibility index (Phi) is 5.95. The molecule has 2 aromatic rings. The van der Waals surface area contributed by atoms with Crippen LogP contribution in [-0.2, 0) is 4.79 Å². The number of benzene rings is 1. The van der Waals surface area contributed by atoms with Gasteiger partial charge >= 0.3 is 0 Å². The van der Waals surface area contributed by atoms with Crippen molar-refractivity contribution >= 4 is 11.6 Å². The van der Waals surface area contributed by atoms with E-state index >= 15 is 0 Å². The maximum absolute atomic E-state index is 13.6. The highest BCUT2D eigenvalue weighted by Crippen LogP contribution is 2.18. The number of carbonyl (C=O) groups excluding carboxylic acids is 1. The van der Waals surface area contributed by atoms with E-state index in [0.717, 1.165) is 25.9 Å². The molecule has 132 valence electrons. The van der Waals surface area contributed by atoms with Crippen LogP contribution in [0.1, 0.15) is 12.8 Å². The molecule has 0 spiro atoms. The predicted molar refractivity (Wildman–Crippen MR) is 93.9 cm³/mol. The Morgan fingerprint density at radius 3 is 2.92 bits per heavy atom. The van der Waals surface area contributed by atoms with E-state index in [1.54, 1.807) is 24.4 Å². The van der Waals surface area contributed by atoms with Crippen LogP contribution in [0.15, 0.2) is 48.7 Å². The number of ether oxygens (including phenoxy) is 1. The van der Waals surface area contributed by atoms with E-state index in [9.17, 15) is 9.18 Å². The van der Waals surface area contributed by atoms with E-state index in [-0.39, 0.29) is 18.1 Å². The van der Waals surface area contributed by atoms with Gasteiger partial charge in [-0.1, -0.05) is 18.2 Å². The average Bonchev–Trinajstić information content (AvgIpc) is 2.63. The first-order chi connectivity index (χ1) is 12.2. The van der Waals surface area contributed by atoms with E-state index in [0.29, 0.717) is 18.4 Å². The topological polar surface area (TPSA) is 54.5 Å². The second-order valence-corrected chi connectivity index (χ2v) is 6.25. The van der Waals surface area contributed by atoms with Crippen LogP contribution in [0.25, 0.3) is 0 Å². The number of carbonyl (C=O) groups is 1. The Morgan fingerprint density at radius 2 is 2.12 bits per heavy atom. The zero-order valence-electron chi connectivity index (χ0n) is 14.0. The number of aromatic nitrogens is 1. The standard InChI is InChI=1S/C19H22FN3O2/c20-16-7-1-2-8-17(16)22-18(24)13-23-11-5-6-15(12-23)14-25-19-9-3-4-10-21-19/h1-4,7-10,15H,5-6,11-14H2,(H,22,24). The first-order valence-electron chi connectivity index (χ1n) is 8.51. The molecule has 25 heavy (non-hydrogen) atoms. The first-order valence-corrected chi connectivity index (χ1v) is 8.51. The number of hydrogen-bond donors (Lipinski definition) is 1. The minimum absolute atomic E-state index is 0.198. The van der Waals surface area contributed by atoms with Crippen molar-refractivity contribution in [1.29, 1.82) is 0 Å². The maximum atomic E-state index is 13.6. The summed E-state index contributed by atoms with van der Waals surface area (Å²) in [6.45, 7) is 2.50. The minimum atomic E-state index is -0.420. The van der Waals surface area contributed by atoms with Gasteiger partial charge in [-0.15, -0.1) is 0 Å². The Morgan fingerprint density at radius 1 is 1.28 bits per heavy atom. The Bertz CT molecular complexity index is 696. The van der Waals surface area contributed by atoms with Crippen molar-refractivity contribution in [2.75, 3.05) is 31.6 Å². The van der Waals surface area contributed by atoms with E-state index in [1.807, 2.05) is 18.2 Å². The lowest BCUT2D eigenvalue weighted by molar-refractivity contribution is -0.117. The average molecular weight is 343 g/mol. The van der Waals surface area contributed by atoms with E-state index in [2.05, 4.69) is 15.2 Å². The Labute approximate surface area is 146 Å². The molecule has 0 bridgehead atoms. The molecule has 1 aliphatic heterocycles. The number of nitrogens with zero attached hydrogens (tertiary/aromatic N) is 2. The minimum Gasteiger partial charge on any atom is -0.477 e. The van der Waals surface area contributed by atoms with Gasteiger partial charge in [0.15, 0.2) is 0 Å². The summed E-state index contributed by atoms with van der Waals surface area (Å²) in [7, 11) is 0. The van der Waals surface area contributed by atoms with Gasteiger partial charge in [-0.05, 0) is 37.6 Å². The lowest BCUT2D eigenvalue weighted by Crippen LogP contribution is -2.42. The van der Waals surface area contributed by atoms with Gasteiger partial charge in [0.2, 0.25) is 11.8 Å². The van der Waals surface area contributed by atoms with Crippen molar-refractivity contribution in [3.05, 3.63) is 54.5 Å². The molecule has 1 aromatic heterocycles. The van der Waals surface area contributed by atoms with Gasteiger partial charge < -0.3 is 10.1 Å². The quantitative estimate of drug-likeness (QED) is 0.876. The fraction of sp³-hybridized carbons (Fsp3) is 0.368. The van der Waals surface area contributed by atoms with Gasteiger partial charge in [-0.25, -0.2) is 9.37 Å². The third-order valence-corrected chi connectivity index (χ3v) is 4.22. The fourth-order valence-electron chi connectivity index (χ4n) is 3.02. The molecular weight excluding hydrogens is 321 g/mol. The third-order valence-electron chi connectivity index (χ3n) is 4.22. The molecular formula is C19H22FN3O2. The number of nitrogens with one attached hydrogen (secondary N) is 1. The third kappa shape index (κ3) is 5.26. The van der Waals surface area contributed by atoms with E-state index in [4.69, 9.17) is 4.74 Å². The number of hydrogen-bond acceptors (Lipinski definition) is 4. The van der Waals surface area contributed by atoms with Crippen LogP contribution in [0.2, 0.25) is 0 Å². The van der Waals surface area contributed by atoms with Crippen LogP contribution in [0, 0.1) is 11.7 Å². The molecule has 1 atom stereocenters. The Balaban J connectivity index is 1.46. The summed E-state index contributed by atoms with van der Waals surface area (Å²) in [5.74, 6) is 0.362. The van der Waals surface area contributed by atoms with Gasteiger partial charge in [0.25, 0.3) is 0 Å². The van der Waals surface area contributed by atoms with Crippen molar-refractivity contribution in [3.8, 4) is 5.88 Å². The van der Waals surface area contributed by atoms with Crippen molar-refractivity contribution in [3.63, 3.8) is 0 Å². The van der Waals surface area contributed by atoms with Crippen LogP contribution in [-0.4, -0.2) is 42.0 Å². The summed E-state index contributed by atoms with van der Waals surface area (Å²) in [5.41, 5.74) is 0.222. The van der Waals surface area contributed by atoms with Crippen molar-refractivity contribution in [1.82, 2.24) is 9.88 Å². The van der Waals surface area contributed by atoms with Gasteiger partial charge in [-0.3, -0.25) is 9.69 Å². The lowest BCUT2D eigenvalue weighted by Gasteiger charge is -2.31. The molecule has 1 aromatic carbocycles. The molecule has 0 saturated carbocycles. The van der Waals surface area contributed by atoms with Gasteiger partial charge in [-0.2, -0.15) is 0 Å². The fourth-order valence-corrected chi connectivity index (χ4v) is 3.02. The normalized spacial score (nSPS) is 17.9. The number of halogens is 1. The number of likely N-dealkylation sites (tertiary alicyclic amines) is 1. The maximum Gasteiger partial charge on any atom is 0.238 e. The van der Waals surface area contributed by atoms with Crippen molar-refractivity contribution in [2.24, 2.45) is 5.92 Å². The molecule has 0 radical (unpaired) electrons. The second-order valence-electron chi connectivity index (χ2n) is 6.25. The number of pyridine rings is 1. The molecule has 1 fully saturated rings.